The summed E-state index contributed by atoms with van der Waals surface area (Å²) in [5.74, 6) is 0.914. The van der Waals surface area contributed by atoms with Gasteiger partial charge in [-0.25, -0.2) is 0 Å². The van der Waals surface area contributed by atoms with Crippen LogP contribution in [0.3, 0.4) is 0 Å². The molecule has 1 unspecified atom stereocenters. The third kappa shape index (κ3) is 2.96. The van der Waals surface area contributed by atoms with E-state index >= 15 is 0 Å². The summed E-state index contributed by atoms with van der Waals surface area (Å²) in [5, 5.41) is 4.32. The molecule has 0 radical (unpaired) electrons. The first kappa shape index (κ1) is 11.0. The molecule has 2 rings (SSSR count). The predicted octanol–water partition coefficient (Wildman–Crippen LogP) is 3.27. The average molecular weight is 224 g/mol. The van der Waals surface area contributed by atoms with E-state index in [9.17, 15) is 0 Å². The van der Waals surface area contributed by atoms with E-state index in [0.717, 1.165) is 17.4 Å². The zero-order chi connectivity index (χ0) is 10.7. The molecule has 1 nitrogen and oxygen atoms in total. The molecule has 0 aromatic heterocycles. The highest BCUT2D eigenvalue weighted by Gasteiger charge is 2.29. The van der Waals surface area contributed by atoms with Crippen LogP contribution in [-0.2, 0) is 6.42 Å². The van der Waals surface area contributed by atoms with Gasteiger partial charge < -0.3 is 5.32 Å². The minimum Gasteiger partial charge on any atom is -0.317 e. The molecule has 15 heavy (non-hydrogen) atoms. The lowest BCUT2D eigenvalue weighted by Gasteiger charge is -2.15. The Bertz CT molecular complexity index is 320. The molecule has 1 fully saturated rings. The van der Waals surface area contributed by atoms with Gasteiger partial charge in [-0.15, -0.1) is 0 Å². The highest BCUT2D eigenvalue weighted by atomic mass is 35.5. The smallest absolute Gasteiger partial charge is 0.0437 e. The third-order valence-electron chi connectivity index (χ3n) is 3.24. The van der Waals surface area contributed by atoms with Gasteiger partial charge in [-0.2, -0.15) is 0 Å². The molecule has 2 heteroatoms. The summed E-state index contributed by atoms with van der Waals surface area (Å²) in [6, 6.07) is 8.83. The molecule has 1 N–H and O–H groups in total. The fourth-order valence-corrected chi connectivity index (χ4v) is 2.36. The van der Waals surface area contributed by atoms with E-state index in [1.165, 1.54) is 24.8 Å². The molecule has 0 aliphatic heterocycles. The van der Waals surface area contributed by atoms with Crippen LogP contribution in [0.5, 0.6) is 0 Å². The van der Waals surface area contributed by atoms with Gasteiger partial charge in [0.25, 0.3) is 0 Å². The zero-order valence-electron chi connectivity index (χ0n) is 9.17. The topological polar surface area (TPSA) is 12.0 Å². The van der Waals surface area contributed by atoms with E-state index in [4.69, 9.17) is 11.6 Å². The largest absolute Gasteiger partial charge is 0.317 e. The van der Waals surface area contributed by atoms with Gasteiger partial charge in [0, 0.05) is 11.1 Å². The van der Waals surface area contributed by atoms with Crippen molar-refractivity contribution in [2.45, 2.75) is 31.7 Å². The van der Waals surface area contributed by atoms with Crippen molar-refractivity contribution < 1.29 is 0 Å². The normalized spacial score (nSPS) is 17.7. The highest BCUT2D eigenvalue weighted by Crippen LogP contribution is 2.34. The van der Waals surface area contributed by atoms with E-state index in [2.05, 4.69) is 24.5 Å². The van der Waals surface area contributed by atoms with Crippen molar-refractivity contribution in [3.8, 4) is 0 Å². The van der Waals surface area contributed by atoms with Gasteiger partial charge in [-0.3, -0.25) is 0 Å². The first-order chi connectivity index (χ1) is 7.31. The molecule has 1 aliphatic carbocycles. The summed E-state index contributed by atoms with van der Waals surface area (Å²) in [4.78, 5) is 0. The Balaban J connectivity index is 1.89. The van der Waals surface area contributed by atoms with E-state index < -0.39 is 0 Å². The van der Waals surface area contributed by atoms with E-state index in [0.29, 0.717) is 6.04 Å². The van der Waals surface area contributed by atoms with Crippen LogP contribution in [-0.4, -0.2) is 13.1 Å². The molecule has 0 bridgehead atoms. The molecule has 82 valence electrons. The second-order valence-electron chi connectivity index (χ2n) is 4.36. The quantitative estimate of drug-likeness (QED) is 0.808. The van der Waals surface area contributed by atoms with E-state index in [1.54, 1.807) is 0 Å². The number of benzene rings is 1. The Hall–Kier alpha value is -0.530. The van der Waals surface area contributed by atoms with Gasteiger partial charge in [-0.1, -0.05) is 29.8 Å². The van der Waals surface area contributed by atoms with Gasteiger partial charge in [0.1, 0.15) is 0 Å². The number of hydrogen-bond acceptors (Lipinski definition) is 1. The van der Waals surface area contributed by atoms with Gasteiger partial charge in [0.2, 0.25) is 0 Å². The van der Waals surface area contributed by atoms with Gasteiger partial charge >= 0.3 is 0 Å². The Morgan fingerprint density at radius 3 is 2.73 bits per heavy atom. The Kier molecular flexibility index (Phi) is 3.66. The standard InChI is InChI=1S/C13H18ClN/c1-15-13(11-6-7-11)9-8-10-4-2-3-5-12(10)14/h2-5,11,13,15H,6-9H2,1H3. The van der Waals surface area contributed by atoms with Crippen LogP contribution in [0.1, 0.15) is 24.8 Å². The SMILES string of the molecule is CNC(CCc1ccccc1Cl)C1CC1. The molecule has 0 amide bonds. The van der Waals surface area contributed by atoms with Gasteiger partial charge in [0.05, 0.1) is 0 Å². The van der Waals surface area contributed by atoms with Crippen LogP contribution in [0.25, 0.3) is 0 Å². The van der Waals surface area contributed by atoms with Crippen LogP contribution < -0.4 is 5.32 Å². The second-order valence-corrected chi connectivity index (χ2v) is 4.77. The molecular weight excluding hydrogens is 206 g/mol. The maximum absolute atomic E-state index is 6.13. The summed E-state index contributed by atoms with van der Waals surface area (Å²) in [5.41, 5.74) is 1.28. The minimum atomic E-state index is 0.682. The van der Waals surface area contributed by atoms with Crippen LogP contribution in [0.2, 0.25) is 5.02 Å². The average Bonchev–Trinajstić information content (AvgIpc) is 3.06. The van der Waals surface area contributed by atoms with Crippen molar-refractivity contribution in [2.24, 2.45) is 5.92 Å². The number of rotatable bonds is 5. The van der Waals surface area contributed by atoms with Crippen molar-refractivity contribution in [2.75, 3.05) is 7.05 Å². The van der Waals surface area contributed by atoms with Crippen molar-refractivity contribution in [3.05, 3.63) is 34.9 Å². The van der Waals surface area contributed by atoms with Crippen LogP contribution in [0.4, 0.5) is 0 Å². The molecular formula is C13H18ClN. The first-order valence-corrected chi connectivity index (χ1v) is 6.09. The van der Waals surface area contributed by atoms with E-state index in [-0.39, 0.29) is 0 Å². The molecule has 0 saturated heterocycles. The first-order valence-electron chi connectivity index (χ1n) is 5.72. The number of nitrogens with one attached hydrogen (secondary N) is 1. The van der Waals surface area contributed by atoms with Crippen molar-refractivity contribution in [1.82, 2.24) is 5.32 Å². The molecule has 1 atom stereocenters. The number of hydrogen-bond donors (Lipinski definition) is 1. The Morgan fingerprint density at radius 1 is 1.40 bits per heavy atom. The fourth-order valence-electron chi connectivity index (χ4n) is 2.13. The Morgan fingerprint density at radius 2 is 2.13 bits per heavy atom. The van der Waals surface area contributed by atoms with Crippen LogP contribution >= 0.6 is 11.6 Å². The lowest BCUT2D eigenvalue weighted by atomic mass is 10.0. The van der Waals surface area contributed by atoms with Crippen molar-refractivity contribution >= 4 is 11.6 Å². The maximum atomic E-state index is 6.13. The van der Waals surface area contributed by atoms with Crippen LogP contribution in [0.15, 0.2) is 24.3 Å². The summed E-state index contributed by atoms with van der Waals surface area (Å²) < 4.78 is 0. The molecule has 0 spiro atoms. The zero-order valence-corrected chi connectivity index (χ0v) is 9.93. The molecule has 1 aromatic carbocycles. The lowest BCUT2D eigenvalue weighted by Crippen LogP contribution is -2.27. The lowest BCUT2D eigenvalue weighted by molar-refractivity contribution is 0.470. The van der Waals surface area contributed by atoms with E-state index in [1.807, 2.05) is 12.1 Å². The summed E-state index contributed by atoms with van der Waals surface area (Å²) in [6.45, 7) is 0. The van der Waals surface area contributed by atoms with Gasteiger partial charge in [-0.05, 0) is 50.3 Å². The monoisotopic (exact) mass is 223 g/mol. The summed E-state index contributed by atoms with van der Waals surface area (Å²) in [6.07, 6.45) is 5.08. The fraction of sp³-hybridized carbons (Fsp3) is 0.538. The number of halogens is 1. The summed E-state index contributed by atoms with van der Waals surface area (Å²) in [7, 11) is 2.07. The summed E-state index contributed by atoms with van der Waals surface area (Å²) >= 11 is 6.13. The molecule has 1 aromatic rings. The molecule has 1 saturated carbocycles. The minimum absolute atomic E-state index is 0.682. The second kappa shape index (κ2) is 5.00. The maximum Gasteiger partial charge on any atom is 0.0437 e. The molecule has 1 aliphatic rings. The third-order valence-corrected chi connectivity index (χ3v) is 3.61. The van der Waals surface area contributed by atoms with Crippen molar-refractivity contribution in [1.29, 1.82) is 0 Å². The van der Waals surface area contributed by atoms with Crippen LogP contribution in [0, 0.1) is 5.92 Å². The molecule has 0 heterocycles. The van der Waals surface area contributed by atoms with Crippen molar-refractivity contribution in [3.63, 3.8) is 0 Å². The number of aryl methyl sites for hydroxylation is 1. The highest BCUT2D eigenvalue weighted by molar-refractivity contribution is 6.31. The Labute approximate surface area is 96.8 Å². The predicted molar refractivity (Wildman–Crippen MR) is 65.3 cm³/mol. The van der Waals surface area contributed by atoms with Gasteiger partial charge in [0.15, 0.2) is 0 Å².